The Morgan fingerprint density at radius 2 is 1.84 bits per heavy atom. The van der Waals surface area contributed by atoms with Crippen molar-refractivity contribution in [2.75, 3.05) is 6.54 Å². The number of halogens is 2. The van der Waals surface area contributed by atoms with Crippen LogP contribution >= 0.6 is 11.6 Å². The van der Waals surface area contributed by atoms with Crippen molar-refractivity contribution in [3.63, 3.8) is 0 Å². The van der Waals surface area contributed by atoms with Gasteiger partial charge in [0.05, 0.1) is 0 Å². The summed E-state index contributed by atoms with van der Waals surface area (Å²) in [6.45, 7) is 11.6. The molecule has 108 valence electrons. The predicted molar refractivity (Wildman–Crippen MR) is 81.3 cm³/mol. The van der Waals surface area contributed by atoms with E-state index < -0.39 is 0 Å². The van der Waals surface area contributed by atoms with Crippen molar-refractivity contribution in [1.82, 2.24) is 5.32 Å². The van der Waals surface area contributed by atoms with Gasteiger partial charge in [-0.15, -0.1) is 0 Å². The van der Waals surface area contributed by atoms with Gasteiger partial charge in [-0.2, -0.15) is 0 Å². The second-order valence-corrected chi connectivity index (χ2v) is 7.05. The SMILES string of the molecule is CCC(C)(CNC(C)(C)C)Cc1c(F)cccc1Cl. The first-order valence-electron chi connectivity index (χ1n) is 6.85. The van der Waals surface area contributed by atoms with Crippen LogP contribution in [0.4, 0.5) is 4.39 Å². The van der Waals surface area contributed by atoms with Gasteiger partial charge in [-0.1, -0.05) is 31.5 Å². The first-order valence-corrected chi connectivity index (χ1v) is 7.22. The Morgan fingerprint density at radius 3 is 2.32 bits per heavy atom. The van der Waals surface area contributed by atoms with Crippen LogP contribution in [-0.4, -0.2) is 12.1 Å². The van der Waals surface area contributed by atoms with Crippen molar-refractivity contribution >= 4 is 11.6 Å². The van der Waals surface area contributed by atoms with E-state index in [1.54, 1.807) is 12.1 Å². The molecule has 1 unspecified atom stereocenters. The summed E-state index contributed by atoms with van der Waals surface area (Å²) in [5.41, 5.74) is 0.693. The Kier molecular flexibility index (Phi) is 5.40. The summed E-state index contributed by atoms with van der Waals surface area (Å²) in [4.78, 5) is 0. The molecule has 0 aliphatic heterocycles. The highest BCUT2D eigenvalue weighted by molar-refractivity contribution is 6.31. The number of hydrogen-bond donors (Lipinski definition) is 1. The van der Waals surface area contributed by atoms with Gasteiger partial charge in [0.1, 0.15) is 5.82 Å². The van der Waals surface area contributed by atoms with Crippen LogP contribution in [0.2, 0.25) is 5.02 Å². The lowest BCUT2D eigenvalue weighted by Gasteiger charge is -2.33. The third kappa shape index (κ3) is 5.12. The number of nitrogens with one attached hydrogen (secondary N) is 1. The molecule has 0 radical (unpaired) electrons. The van der Waals surface area contributed by atoms with E-state index in [2.05, 4.69) is 39.9 Å². The van der Waals surface area contributed by atoms with Crippen molar-refractivity contribution in [2.24, 2.45) is 5.41 Å². The normalized spacial score (nSPS) is 15.3. The number of benzene rings is 1. The first kappa shape index (κ1) is 16.5. The van der Waals surface area contributed by atoms with Crippen LogP contribution in [-0.2, 0) is 6.42 Å². The maximum atomic E-state index is 13.9. The van der Waals surface area contributed by atoms with Crippen LogP contribution in [0.25, 0.3) is 0 Å². The first-order chi connectivity index (χ1) is 8.67. The lowest BCUT2D eigenvalue weighted by molar-refractivity contribution is 0.252. The van der Waals surface area contributed by atoms with Crippen molar-refractivity contribution in [2.45, 2.75) is 53.0 Å². The van der Waals surface area contributed by atoms with Gasteiger partial charge >= 0.3 is 0 Å². The van der Waals surface area contributed by atoms with Crippen molar-refractivity contribution in [1.29, 1.82) is 0 Å². The topological polar surface area (TPSA) is 12.0 Å². The van der Waals surface area contributed by atoms with Crippen LogP contribution in [0, 0.1) is 11.2 Å². The molecule has 0 saturated carbocycles. The van der Waals surface area contributed by atoms with Crippen molar-refractivity contribution < 1.29 is 4.39 Å². The summed E-state index contributed by atoms with van der Waals surface area (Å²) in [7, 11) is 0. The Balaban J connectivity index is 2.86. The molecule has 0 saturated heterocycles. The summed E-state index contributed by atoms with van der Waals surface area (Å²) in [5.74, 6) is -0.206. The fraction of sp³-hybridized carbons (Fsp3) is 0.625. The molecular formula is C16H25ClFN. The second kappa shape index (κ2) is 6.23. The van der Waals surface area contributed by atoms with Crippen LogP contribution in [0.15, 0.2) is 18.2 Å². The van der Waals surface area contributed by atoms with Gasteiger partial charge in [0.15, 0.2) is 0 Å². The molecule has 1 N–H and O–H groups in total. The zero-order valence-electron chi connectivity index (χ0n) is 12.6. The maximum absolute atomic E-state index is 13.9. The van der Waals surface area contributed by atoms with Crippen LogP contribution in [0.1, 0.15) is 46.6 Å². The highest BCUT2D eigenvalue weighted by Gasteiger charge is 2.26. The molecule has 1 nitrogen and oxygen atoms in total. The second-order valence-electron chi connectivity index (χ2n) is 6.64. The Morgan fingerprint density at radius 1 is 1.21 bits per heavy atom. The molecule has 0 fully saturated rings. The number of rotatable bonds is 5. The van der Waals surface area contributed by atoms with Crippen LogP contribution in [0.3, 0.4) is 0 Å². The largest absolute Gasteiger partial charge is 0.312 e. The van der Waals surface area contributed by atoms with Gasteiger partial charge in [-0.3, -0.25) is 0 Å². The summed E-state index contributed by atoms with van der Waals surface area (Å²) in [6, 6.07) is 4.89. The van der Waals surface area contributed by atoms with E-state index in [1.165, 1.54) is 6.07 Å². The Hall–Kier alpha value is -0.600. The standard InChI is InChI=1S/C16H25ClFN/c1-6-16(5,11-19-15(2,3)4)10-12-13(17)8-7-9-14(12)18/h7-9,19H,6,10-11H2,1-5H3. The molecule has 1 rings (SSSR count). The summed E-state index contributed by atoms with van der Waals surface area (Å²) in [5, 5.41) is 4.03. The fourth-order valence-electron chi connectivity index (χ4n) is 1.92. The van der Waals surface area contributed by atoms with Crippen LogP contribution in [0.5, 0.6) is 0 Å². The molecule has 0 spiro atoms. The van der Waals surface area contributed by atoms with E-state index in [4.69, 9.17) is 11.6 Å². The molecule has 0 bridgehead atoms. The maximum Gasteiger partial charge on any atom is 0.127 e. The third-order valence-corrected chi connectivity index (χ3v) is 3.92. The average Bonchev–Trinajstić information content (AvgIpc) is 2.31. The molecule has 0 aromatic heterocycles. The molecule has 0 heterocycles. The highest BCUT2D eigenvalue weighted by Crippen LogP contribution is 2.31. The number of hydrogen-bond acceptors (Lipinski definition) is 1. The highest BCUT2D eigenvalue weighted by atomic mass is 35.5. The van der Waals surface area contributed by atoms with E-state index >= 15 is 0 Å². The predicted octanol–water partition coefficient (Wildman–Crippen LogP) is 4.83. The minimum Gasteiger partial charge on any atom is -0.312 e. The molecule has 1 aromatic rings. The van der Waals surface area contributed by atoms with Crippen molar-refractivity contribution in [3.8, 4) is 0 Å². The molecule has 1 atom stereocenters. The molecule has 0 aliphatic rings. The van der Waals surface area contributed by atoms with Gasteiger partial charge < -0.3 is 5.32 Å². The van der Waals surface area contributed by atoms with Crippen LogP contribution < -0.4 is 5.32 Å². The van der Waals surface area contributed by atoms with E-state index in [0.717, 1.165) is 13.0 Å². The lowest BCUT2D eigenvalue weighted by Crippen LogP contribution is -2.43. The zero-order valence-corrected chi connectivity index (χ0v) is 13.4. The molecule has 3 heteroatoms. The molecule has 0 aliphatic carbocycles. The van der Waals surface area contributed by atoms with Gasteiger partial charge in [-0.05, 0) is 51.2 Å². The summed E-state index contributed by atoms with van der Waals surface area (Å²) in [6.07, 6.45) is 1.62. The fourth-order valence-corrected chi connectivity index (χ4v) is 2.15. The third-order valence-electron chi connectivity index (χ3n) is 3.56. The van der Waals surface area contributed by atoms with E-state index in [1.807, 2.05) is 0 Å². The average molecular weight is 286 g/mol. The van der Waals surface area contributed by atoms with Gasteiger partial charge in [0, 0.05) is 22.7 Å². The summed E-state index contributed by atoms with van der Waals surface area (Å²) >= 11 is 6.12. The van der Waals surface area contributed by atoms with E-state index in [9.17, 15) is 4.39 Å². The molecule has 19 heavy (non-hydrogen) atoms. The lowest BCUT2D eigenvalue weighted by atomic mass is 9.80. The van der Waals surface area contributed by atoms with E-state index in [-0.39, 0.29) is 16.8 Å². The van der Waals surface area contributed by atoms with Crippen molar-refractivity contribution in [3.05, 3.63) is 34.6 Å². The Bertz CT molecular complexity index is 405. The van der Waals surface area contributed by atoms with Gasteiger partial charge in [0.25, 0.3) is 0 Å². The smallest absolute Gasteiger partial charge is 0.127 e. The minimum atomic E-state index is -0.206. The van der Waals surface area contributed by atoms with Gasteiger partial charge in [0.2, 0.25) is 0 Å². The molecular weight excluding hydrogens is 261 g/mol. The monoisotopic (exact) mass is 285 g/mol. The summed E-state index contributed by atoms with van der Waals surface area (Å²) < 4.78 is 13.9. The minimum absolute atomic E-state index is 0.000880. The molecule has 0 amide bonds. The van der Waals surface area contributed by atoms with E-state index in [0.29, 0.717) is 17.0 Å². The van der Waals surface area contributed by atoms with Gasteiger partial charge in [-0.25, -0.2) is 4.39 Å². The quantitative estimate of drug-likeness (QED) is 0.817. The molecule has 1 aromatic carbocycles. The zero-order chi connectivity index (χ0) is 14.7. The Labute approximate surface area is 121 Å².